The topological polar surface area (TPSA) is 49.4 Å². The molecule has 0 unspecified atom stereocenters. The normalized spacial score (nSPS) is 15.0. The Balaban J connectivity index is 1.57. The first-order valence-electron chi connectivity index (χ1n) is 8.56. The molecule has 0 bridgehead atoms. The molecule has 0 aliphatic carbocycles. The molecule has 3 rings (SSSR count). The number of likely N-dealkylation sites (tertiary alicyclic amines) is 1. The average molecular weight is 375 g/mol. The number of carbonyl (C=O) groups excluding carboxylic acids is 2. The van der Waals surface area contributed by atoms with Crippen LogP contribution < -0.4 is 5.32 Å². The lowest BCUT2D eigenvalue weighted by Crippen LogP contribution is -2.41. The Kier molecular flexibility index (Phi) is 5.57. The largest absolute Gasteiger partial charge is 0.339 e. The molecule has 136 valence electrons. The van der Waals surface area contributed by atoms with Gasteiger partial charge in [-0.3, -0.25) is 9.59 Å². The lowest BCUT2D eigenvalue weighted by Gasteiger charge is -2.31. The fraction of sp³-hybridized carbons (Fsp3) is 0.300. The summed E-state index contributed by atoms with van der Waals surface area (Å²) in [6.45, 7) is 2.99. The van der Waals surface area contributed by atoms with E-state index in [2.05, 4.69) is 5.32 Å². The third-order valence-corrected chi connectivity index (χ3v) is 5.01. The van der Waals surface area contributed by atoms with Crippen LogP contribution in [0.5, 0.6) is 0 Å². The third kappa shape index (κ3) is 4.05. The van der Waals surface area contributed by atoms with Crippen LogP contribution in [0.3, 0.4) is 0 Å². The van der Waals surface area contributed by atoms with Gasteiger partial charge in [0.2, 0.25) is 5.91 Å². The fourth-order valence-electron chi connectivity index (χ4n) is 3.15. The molecule has 1 saturated heterocycles. The summed E-state index contributed by atoms with van der Waals surface area (Å²) in [7, 11) is 0. The summed E-state index contributed by atoms with van der Waals surface area (Å²) in [5.74, 6) is -0.824. The van der Waals surface area contributed by atoms with Gasteiger partial charge in [0.25, 0.3) is 5.91 Å². The first kappa shape index (κ1) is 18.4. The maximum absolute atomic E-state index is 13.2. The van der Waals surface area contributed by atoms with E-state index in [1.54, 1.807) is 4.90 Å². The van der Waals surface area contributed by atoms with Gasteiger partial charge in [0.15, 0.2) is 0 Å². The van der Waals surface area contributed by atoms with E-state index in [1.807, 2.05) is 31.2 Å². The van der Waals surface area contributed by atoms with Crippen LogP contribution in [0.1, 0.15) is 28.8 Å². The Morgan fingerprint density at radius 2 is 1.85 bits per heavy atom. The summed E-state index contributed by atoms with van der Waals surface area (Å²) in [5.41, 5.74) is 2.13. The number of amides is 2. The molecule has 1 fully saturated rings. The highest BCUT2D eigenvalue weighted by molar-refractivity contribution is 6.31. The predicted octanol–water partition coefficient (Wildman–Crippen LogP) is 4.28. The Bertz CT molecular complexity index is 832. The zero-order chi connectivity index (χ0) is 18.7. The van der Waals surface area contributed by atoms with E-state index in [4.69, 9.17) is 11.6 Å². The highest BCUT2D eigenvalue weighted by Crippen LogP contribution is 2.24. The summed E-state index contributed by atoms with van der Waals surface area (Å²) < 4.78 is 13.2. The lowest BCUT2D eigenvalue weighted by atomic mass is 9.95. The number of benzene rings is 2. The van der Waals surface area contributed by atoms with E-state index in [0.29, 0.717) is 37.2 Å². The van der Waals surface area contributed by atoms with E-state index in [0.717, 1.165) is 5.56 Å². The molecule has 0 radical (unpaired) electrons. The Labute approximate surface area is 157 Å². The summed E-state index contributed by atoms with van der Waals surface area (Å²) in [6.07, 6.45) is 1.19. The van der Waals surface area contributed by atoms with Crippen molar-refractivity contribution >= 4 is 29.1 Å². The van der Waals surface area contributed by atoms with Gasteiger partial charge in [-0.15, -0.1) is 0 Å². The van der Waals surface area contributed by atoms with Gasteiger partial charge in [-0.2, -0.15) is 0 Å². The van der Waals surface area contributed by atoms with Gasteiger partial charge in [0, 0.05) is 30.3 Å². The summed E-state index contributed by atoms with van der Waals surface area (Å²) >= 11 is 5.74. The van der Waals surface area contributed by atoms with Crippen molar-refractivity contribution < 1.29 is 14.0 Å². The van der Waals surface area contributed by atoms with Crippen LogP contribution in [0.2, 0.25) is 5.02 Å². The number of aryl methyl sites for hydroxylation is 1. The van der Waals surface area contributed by atoms with Crippen LogP contribution >= 0.6 is 11.6 Å². The quantitative estimate of drug-likeness (QED) is 0.871. The van der Waals surface area contributed by atoms with Crippen molar-refractivity contribution in [3.05, 3.63) is 64.4 Å². The second-order valence-electron chi connectivity index (χ2n) is 6.50. The van der Waals surface area contributed by atoms with Crippen molar-refractivity contribution in [3.8, 4) is 0 Å². The van der Waals surface area contributed by atoms with E-state index in [-0.39, 0.29) is 22.8 Å². The van der Waals surface area contributed by atoms with E-state index in [9.17, 15) is 14.0 Å². The maximum atomic E-state index is 13.2. The molecular weight excluding hydrogens is 355 g/mol. The van der Waals surface area contributed by atoms with E-state index in [1.165, 1.54) is 18.2 Å². The summed E-state index contributed by atoms with van der Waals surface area (Å²) in [4.78, 5) is 26.8. The van der Waals surface area contributed by atoms with Crippen LogP contribution in [0.25, 0.3) is 0 Å². The molecule has 1 aliphatic rings. The SMILES string of the molecule is Cc1ccccc1C(=O)N1CCC(C(=O)Nc2ccc(F)c(Cl)c2)CC1. The molecule has 1 N–H and O–H groups in total. The molecule has 1 aliphatic heterocycles. The Morgan fingerprint density at radius 1 is 1.15 bits per heavy atom. The third-order valence-electron chi connectivity index (χ3n) is 4.72. The first-order valence-corrected chi connectivity index (χ1v) is 8.94. The van der Waals surface area contributed by atoms with Crippen LogP contribution in [0.15, 0.2) is 42.5 Å². The predicted molar refractivity (Wildman–Crippen MR) is 99.8 cm³/mol. The van der Waals surface area contributed by atoms with Gasteiger partial charge in [0.05, 0.1) is 5.02 Å². The van der Waals surface area contributed by atoms with Crippen molar-refractivity contribution in [3.63, 3.8) is 0 Å². The number of hydrogen-bond acceptors (Lipinski definition) is 2. The molecule has 6 heteroatoms. The van der Waals surface area contributed by atoms with Gasteiger partial charge in [0.1, 0.15) is 5.82 Å². The van der Waals surface area contributed by atoms with Gasteiger partial charge < -0.3 is 10.2 Å². The molecule has 0 spiro atoms. The monoisotopic (exact) mass is 374 g/mol. The zero-order valence-corrected chi connectivity index (χ0v) is 15.2. The van der Waals surface area contributed by atoms with Crippen molar-refractivity contribution in [2.75, 3.05) is 18.4 Å². The van der Waals surface area contributed by atoms with Gasteiger partial charge >= 0.3 is 0 Å². The molecule has 2 aromatic rings. The van der Waals surface area contributed by atoms with Crippen LogP contribution in [-0.4, -0.2) is 29.8 Å². The molecule has 2 amide bonds. The number of nitrogens with one attached hydrogen (secondary N) is 1. The van der Waals surface area contributed by atoms with Crippen molar-refractivity contribution in [2.45, 2.75) is 19.8 Å². The van der Waals surface area contributed by atoms with Gasteiger partial charge in [-0.05, 0) is 49.6 Å². The van der Waals surface area contributed by atoms with Crippen LogP contribution in [0, 0.1) is 18.7 Å². The van der Waals surface area contributed by atoms with Crippen LogP contribution in [0.4, 0.5) is 10.1 Å². The number of carbonyl (C=O) groups is 2. The summed E-state index contributed by atoms with van der Waals surface area (Å²) in [5, 5.41) is 2.74. The van der Waals surface area contributed by atoms with Crippen molar-refractivity contribution in [1.82, 2.24) is 4.90 Å². The van der Waals surface area contributed by atoms with E-state index < -0.39 is 5.82 Å². The van der Waals surface area contributed by atoms with Gasteiger partial charge in [-0.1, -0.05) is 29.8 Å². The first-order chi connectivity index (χ1) is 12.5. The Hall–Kier alpha value is -2.40. The zero-order valence-electron chi connectivity index (χ0n) is 14.5. The number of rotatable bonds is 3. The molecule has 4 nitrogen and oxygen atoms in total. The van der Waals surface area contributed by atoms with Crippen molar-refractivity contribution in [2.24, 2.45) is 5.92 Å². The molecule has 26 heavy (non-hydrogen) atoms. The number of hydrogen-bond donors (Lipinski definition) is 1. The molecule has 0 atom stereocenters. The van der Waals surface area contributed by atoms with E-state index >= 15 is 0 Å². The molecular formula is C20H20ClFN2O2. The standard InChI is InChI=1S/C20H20ClFN2O2/c1-13-4-2-3-5-16(13)20(26)24-10-8-14(9-11-24)19(25)23-15-6-7-18(22)17(21)12-15/h2-7,12,14H,8-11H2,1H3,(H,23,25). The summed E-state index contributed by atoms with van der Waals surface area (Å²) in [6, 6.07) is 11.6. The average Bonchev–Trinajstić information content (AvgIpc) is 2.65. The fourth-order valence-corrected chi connectivity index (χ4v) is 3.33. The Morgan fingerprint density at radius 3 is 2.50 bits per heavy atom. The second-order valence-corrected chi connectivity index (χ2v) is 6.91. The van der Waals surface area contributed by atoms with Crippen molar-refractivity contribution in [1.29, 1.82) is 0 Å². The van der Waals surface area contributed by atoms with Gasteiger partial charge in [-0.25, -0.2) is 4.39 Å². The number of anilines is 1. The highest BCUT2D eigenvalue weighted by Gasteiger charge is 2.28. The molecule has 0 saturated carbocycles. The number of halogens is 2. The number of nitrogens with zero attached hydrogens (tertiary/aromatic N) is 1. The van der Waals surface area contributed by atoms with Crippen LogP contribution in [-0.2, 0) is 4.79 Å². The minimum Gasteiger partial charge on any atom is -0.339 e. The minimum atomic E-state index is -0.521. The maximum Gasteiger partial charge on any atom is 0.254 e. The number of piperidine rings is 1. The lowest BCUT2D eigenvalue weighted by molar-refractivity contribution is -0.121. The molecule has 1 heterocycles. The molecule has 0 aromatic heterocycles. The highest BCUT2D eigenvalue weighted by atomic mass is 35.5. The second kappa shape index (κ2) is 7.87. The smallest absolute Gasteiger partial charge is 0.254 e. The minimum absolute atomic E-state index is 0.00674. The molecule has 2 aromatic carbocycles.